The summed E-state index contributed by atoms with van der Waals surface area (Å²) in [5.74, 6) is -0.243. The van der Waals surface area contributed by atoms with E-state index in [-0.39, 0.29) is 5.91 Å². The van der Waals surface area contributed by atoms with Crippen LogP contribution in [0, 0.1) is 0 Å². The second-order valence-electron chi connectivity index (χ2n) is 6.37. The summed E-state index contributed by atoms with van der Waals surface area (Å²) in [7, 11) is 0. The van der Waals surface area contributed by atoms with Gasteiger partial charge in [0.25, 0.3) is 0 Å². The van der Waals surface area contributed by atoms with Crippen LogP contribution in [0.25, 0.3) is 0 Å². The number of carbonyl (C=O) groups is 2. The second kappa shape index (κ2) is 10.00. The standard InChI is InChI=1S/C18H25Cl2N3O3/c19-7-10-22(11-8-20)14-5-3-13(4-6-14)12-15(21)17(24)23-9-1-2-16(23)18(25)26/h3-6,15-16H,1-2,7-12,21H2,(H,25,26). The predicted molar refractivity (Wildman–Crippen MR) is 104 cm³/mol. The molecule has 2 atom stereocenters. The maximum absolute atomic E-state index is 12.5. The van der Waals surface area contributed by atoms with Crippen LogP contribution in [0.3, 0.4) is 0 Å². The Balaban J connectivity index is 1.99. The van der Waals surface area contributed by atoms with E-state index in [2.05, 4.69) is 4.90 Å². The molecule has 1 aliphatic heterocycles. The first kappa shape index (κ1) is 20.8. The maximum Gasteiger partial charge on any atom is 0.326 e. The van der Waals surface area contributed by atoms with Crippen molar-refractivity contribution in [1.82, 2.24) is 4.90 Å². The minimum atomic E-state index is -0.967. The van der Waals surface area contributed by atoms with E-state index in [1.54, 1.807) is 0 Å². The summed E-state index contributed by atoms with van der Waals surface area (Å²) in [5, 5.41) is 9.22. The van der Waals surface area contributed by atoms with E-state index in [4.69, 9.17) is 28.9 Å². The Kier molecular flexibility index (Phi) is 8.00. The number of nitrogens with two attached hydrogens (primary N) is 1. The molecule has 144 valence electrons. The lowest BCUT2D eigenvalue weighted by molar-refractivity contribution is -0.148. The van der Waals surface area contributed by atoms with Crippen LogP contribution in [0.15, 0.2) is 24.3 Å². The van der Waals surface area contributed by atoms with Crippen molar-refractivity contribution in [1.29, 1.82) is 0 Å². The minimum absolute atomic E-state index is 0.301. The lowest BCUT2D eigenvalue weighted by atomic mass is 10.0. The Morgan fingerprint density at radius 1 is 1.23 bits per heavy atom. The van der Waals surface area contributed by atoms with Crippen LogP contribution in [-0.2, 0) is 16.0 Å². The number of amides is 1. The number of hydrogen-bond acceptors (Lipinski definition) is 4. The van der Waals surface area contributed by atoms with Crippen LogP contribution in [0.2, 0.25) is 0 Å². The largest absolute Gasteiger partial charge is 0.480 e. The summed E-state index contributed by atoms with van der Waals surface area (Å²) >= 11 is 11.7. The third-order valence-electron chi connectivity index (χ3n) is 4.60. The Hall–Kier alpha value is -1.50. The summed E-state index contributed by atoms with van der Waals surface area (Å²) in [5.41, 5.74) is 8.00. The fourth-order valence-electron chi connectivity index (χ4n) is 3.26. The summed E-state index contributed by atoms with van der Waals surface area (Å²) < 4.78 is 0. The molecule has 1 aromatic carbocycles. The molecule has 26 heavy (non-hydrogen) atoms. The normalized spacial score (nSPS) is 18.0. The number of alkyl halides is 2. The Labute approximate surface area is 163 Å². The fraction of sp³-hybridized carbons (Fsp3) is 0.556. The van der Waals surface area contributed by atoms with Crippen LogP contribution in [0.4, 0.5) is 5.69 Å². The molecule has 0 saturated carbocycles. The van der Waals surface area contributed by atoms with Gasteiger partial charge in [0.1, 0.15) is 6.04 Å². The van der Waals surface area contributed by atoms with Gasteiger partial charge in [-0.05, 0) is 37.0 Å². The van der Waals surface area contributed by atoms with Crippen molar-refractivity contribution in [2.75, 3.05) is 36.3 Å². The van der Waals surface area contributed by atoms with Crippen LogP contribution in [0.5, 0.6) is 0 Å². The first-order valence-electron chi connectivity index (χ1n) is 8.72. The number of halogens is 2. The zero-order chi connectivity index (χ0) is 19.1. The zero-order valence-electron chi connectivity index (χ0n) is 14.6. The molecule has 0 bridgehead atoms. The quantitative estimate of drug-likeness (QED) is 0.617. The van der Waals surface area contributed by atoms with Gasteiger partial charge >= 0.3 is 5.97 Å². The molecule has 1 saturated heterocycles. The van der Waals surface area contributed by atoms with E-state index >= 15 is 0 Å². The van der Waals surface area contributed by atoms with Crippen molar-refractivity contribution < 1.29 is 14.7 Å². The van der Waals surface area contributed by atoms with Gasteiger partial charge in [0, 0.05) is 37.1 Å². The monoisotopic (exact) mass is 401 g/mol. The molecule has 0 radical (unpaired) electrons. The van der Waals surface area contributed by atoms with Crippen LogP contribution in [0.1, 0.15) is 18.4 Å². The number of rotatable bonds is 9. The van der Waals surface area contributed by atoms with Gasteiger partial charge in [-0.25, -0.2) is 4.79 Å². The summed E-state index contributed by atoms with van der Waals surface area (Å²) in [6.45, 7) is 1.86. The number of carboxylic acids is 1. The summed E-state index contributed by atoms with van der Waals surface area (Å²) in [6.07, 6.45) is 1.55. The number of carboxylic acid groups (broad SMARTS) is 1. The van der Waals surface area contributed by atoms with Gasteiger partial charge in [0.15, 0.2) is 0 Å². The molecule has 1 heterocycles. The van der Waals surface area contributed by atoms with Crippen LogP contribution < -0.4 is 10.6 Å². The highest BCUT2D eigenvalue weighted by Gasteiger charge is 2.35. The molecule has 1 amide bonds. The van der Waals surface area contributed by atoms with E-state index in [9.17, 15) is 14.7 Å². The number of carbonyl (C=O) groups excluding carboxylic acids is 1. The lowest BCUT2D eigenvalue weighted by Crippen LogP contribution is -2.49. The van der Waals surface area contributed by atoms with Gasteiger partial charge in [-0.1, -0.05) is 12.1 Å². The van der Waals surface area contributed by atoms with E-state index in [1.807, 2.05) is 24.3 Å². The highest BCUT2D eigenvalue weighted by atomic mass is 35.5. The molecule has 0 spiro atoms. The smallest absolute Gasteiger partial charge is 0.326 e. The molecule has 3 N–H and O–H groups in total. The molecular formula is C18H25Cl2N3O3. The molecule has 8 heteroatoms. The molecule has 0 aliphatic carbocycles. The zero-order valence-corrected chi connectivity index (χ0v) is 16.1. The SMILES string of the molecule is NC(Cc1ccc(N(CCCl)CCCl)cc1)C(=O)N1CCCC1C(=O)O. The molecular weight excluding hydrogens is 377 g/mol. The molecule has 0 aromatic heterocycles. The van der Waals surface area contributed by atoms with Crippen LogP contribution in [-0.4, -0.2) is 65.4 Å². The molecule has 6 nitrogen and oxygen atoms in total. The van der Waals surface area contributed by atoms with Crippen LogP contribution >= 0.6 is 23.2 Å². The highest BCUT2D eigenvalue weighted by Crippen LogP contribution is 2.20. The average molecular weight is 402 g/mol. The number of nitrogens with zero attached hydrogens (tertiary/aromatic N) is 2. The lowest BCUT2D eigenvalue weighted by Gasteiger charge is -2.25. The molecule has 1 aliphatic rings. The Morgan fingerprint density at radius 3 is 2.38 bits per heavy atom. The minimum Gasteiger partial charge on any atom is -0.480 e. The first-order valence-corrected chi connectivity index (χ1v) is 9.79. The maximum atomic E-state index is 12.5. The highest BCUT2D eigenvalue weighted by molar-refractivity contribution is 6.18. The Morgan fingerprint density at radius 2 is 1.85 bits per heavy atom. The van der Waals surface area contributed by atoms with Gasteiger partial charge in [-0.2, -0.15) is 0 Å². The van der Waals surface area contributed by atoms with Gasteiger partial charge < -0.3 is 20.6 Å². The van der Waals surface area contributed by atoms with Crippen molar-refractivity contribution in [3.8, 4) is 0 Å². The third-order valence-corrected chi connectivity index (χ3v) is 4.94. The van der Waals surface area contributed by atoms with E-state index in [1.165, 1.54) is 4.90 Å². The number of benzene rings is 1. The van der Waals surface area contributed by atoms with E-state index < -0.39 is 18.1 Å². The topological polar surface area (TPSA) is 86.9 Å². The molecule has 1 aromatic rings. The number of aliphatic carboxylic acids is 1. The number of anilines is 1. The van der Waals surface area contributed by atoms with Crippen molar-refractivity contribution in [3.63, 3.8) is 0 Å². The van der Waals surface area contributed by atoms with Gasteiger partial charge in [0.05, 0.1) is 6.04 Å². The van der Waals surface area contributed by atoms with Crippen molar-refractivity contribution >= 4 is 40.8 Å². The average Bonchev–Trinajstić information content (AvgIpc) is 3.11. The molecule has 2 unspecified atom stereocenters. The molecule has 1 fully saturated rings. The van der Waals surface area contributed by atoms with Crippen molar-refractivity contribution in [2.24, 2.45) is 5.73 Å². The van der Waals surface area contributed by atoms with Crippen molar-refractivity contribution in [2.45, 2.75) is 31.3 Å². The van der Waals surface area contributed by atoms with Gasteiger partial charge in [-0.15, -0.1) is 23.2 Å². The first-order chi connectivity index (χ1) is 12.5. The van der Waals surface area contributed by atoms with E-state index in [0.29, 0.717) is 50.7 Å². The summed E-state index contributed by atoms with van der Waals surface area (Å²) in [6, 6.07) is 6.27. The number of hydrogen-bond donors (Lipinski definition) is 2. The predicted octanol–water partition coefficient (Wildman–Crippen LogP) is 1.92. The summed E-state index contributed by atoms with van der Waals surface area (Å²) in [4.78, 5) is 27.2. The van der Waals surface area contributed by atoms with Crippen molar-refractivity contribution in [3.05, 3.63) is 29.8 Å². The molecule has 2 rings (SSSR count). The van der Waals surface area contributed by atoms with Gasteiger partial charge in [-0.3, -0.25) is 4.79 Å². The second-order valence-corrected chi connectivity index (χ2v) is 7.13. The third kappa shape index (κ3) is 5.25. The number of likely N-dealkylation sites (tertiary alicyclic amines) is 1. The Bertz CT molecular complexity index is 606. The van der Waals surface area contributed by atoms with E-state index in [0.717, 1.165) is 11.3 Å². The van der Waals surface area contributed by atoms with Gasteiger partial charge in [0.2, 0.25) is 5.91 Å². The fourth-order valence-corrected chi connectivity index (χ4v) is 3.67.